The lowest BCUT2D eigenvalue weighted by molar-refractivity contribution is -0.138. The molecule has 1 amide bonds. The first-order chi connectivity index (χ1) is 9.22. The van der Waals surface area contributed by atoms with Crippen molar-refractivity contribution >= 4 is 12.2 Å². The Morgan fingerprint density at radius 2 is 1.95 bits per heavy atom. The van der Waals surface area contributed by atoms with Gasteiger partial charge >= 0.3 is 0 Å². The minimum absolute atomic E-state index is 0.0605. The van der Waals surface area contributed by atoms with E-state index in [-0.39, 0.29) is 17.7 Å². The summed E-state index contributed by atoms with van der Waals surface area (Å²) in [6, 6.07) is 9.89. The first-order valence-electron chi connectivity index (χ1n) is 6.61. The average Bonchev–Trinajstić information content (AvgIpc) is 2.47. The zero-order valence-electron chi connectivity index (χ0n) is 11.2. The van der Waals surface area contributed by atoms with Crippen molar-refractivity contribution in [3.63, 3.8) is 0 Å². The molecule has 0 N–H and O–H groups in total. The molecule has 3 heteroatoms. The fraction of sp³-hybridized carbons (Fsp3) is 0.375. The van der Waals surface area contributed by atoms with Gasteiger partial charge in [0.2, 0.25) is 5.91 Å². The van der Waals surface area contributed by atoms with Gasteiger partial charge in [0.1, 0.15) is 6.29 Å². The van der Waals surface area contributed by atoms with Crippen molar-refractivity contribution in [2.45, 2.75) is 19.4 Å². The van der Waals surface area contributed by atoms with Gasteiger partial charge in [0.15, 0.2) is 0 Å². The van der Waals surface area contributed by atoms with Gasteiger partial charge in [-0.15, -0.1) is 0 Å². The predicted molar refractivity (Wildman–Crippen MR) is 74.3 cm³/mol. The Kier molecular flexibility index (Phi) is 4.50. The number of nitrogens with zero attached hydrogens (tertiary/aromatic N) is 1. The quantitative estimate of drug-likeness (QED) is 0.613. The highest BCUT2D eigenvalue weighted by molar-refractivity contribution is 5.82. The standard InChI is InChI=1S/C16H19NO2/c1-17(11-13-7-3-2-4-8-13)16(19)15-10-6-5-9-14(15)12-18/h2-8,12,14-15H,9-11H2,1H3/t14-,15-/m1/s1. The Bertz CT molecular complexity index is 467. The summed E-state index contributed by atoms with van der Waals surface area (Å²) in [5, 5.41) is 0. The van der Waals surface area contributed by atoms with Crippen LogP contribution < -0.4 is 0 Å². The molecule has 1 aromatic carbocycles. The fourth-order valence-electron chi connectivity index (χ4n) is 2.49. The van der Waals surface area contributed by atoms with E-state index in [1.807, 2.05) is 42.5 Å². The monoisotopic (exact) mass is 257 g/mol. The van der Waals surface area contributed by atoms with Crippen LogP contribution in [0.5, 0.6) is 0 Å². The topological polar surface area (TPSA) is 37.4 Å². The second-order valence-electron chi connectivity index (χ2n) is 5.03. The van der Waals surface area contributed by atoms with Crippen molar-refractivity contribution in [1.82, 2.24) is 4.90 Å². The fourth-order valence-corrected chi connectivity index (χ4v) is 2.49. The van der Waals surface area contributed by atoms with E-state index < -0.39 is 0 Å². The highest BCUT2D eigenvalue weighted by Gasteiger charge is 2.30. The summed E-state index contributed by atoms with van der Waals surface area (Å²) in [6.45, 7) is 0.589. The third-order valence-corrected chi connectivity index (χ3v) is 3.61. The van der Waals surface area contributed by atoms with Gasteiger partial charge in [-0.2, -0.15) is 0 Å². The molecule has 1 aliphatic carbocycles. The van der Waals surface area contributed by atoms with E-state index in [0.717, 1.165) is 11.8 Å². The van der Waals surface area contributed by atoms with Crippen LogP contribution in [0.1, 0.15) is 18.4 Å². The lowest BCUT2D eigenvalue weighted by Gasteiger charge is -2.28. The van der Waals surface area contributed by atoms with Gasteiger partial charge in [0, 0.05) is 19.5 Å². The Hall–Kier alpha value is -1.90. The molecular formula is C16H19NO2. The van der Waals surface area contributed by atoms with Crippen molar-refractivity contribution in [1.29, 1.82) is 0 Å². The van der Waals surface area contributed by atoms with Crippen molar-refractivity contribution in [2.24, 2.45) is 11.8 Å². The number of allylic oxidation sites excluding steroid dienone is 2. The molecule has 2 atom stereocenters. The Morgan fingerprint density at radius 3 is 2.63 bits per heavy atom. The van der Waals surface area contributed by atoms with Crippen molar-refractivity contribution in [3.8, 4) is 0 Å². The molecule has 0 aromatic heterocycles. The molecule has 0 saturated heterocycles. The van der Waals surface area contributed by atoms with Crippen LogP contribution in [0.4, 0.5) is 0 Å². The lowest BCUT2D eigenvalue weighted by Crippen LogP contribution is -2.37. The molecule has 0 fully saturated rings. The third-order valence-electron chi connectivity index (χ3n) is 3.61. The number of amides is 1. The van der Waals surface area contributed by atoms with E-state index in [2.05, 4.69) is 0 Å². The molecule has 0 radical (unpaired) electrons. The van der Waals surface area contributed by atoms with Gasteiger partial charge < -0.3 is 9.69 Å². The van der Waals surface area contributed by atoms with Crippen LogP contribution >= 0.6 is 0 Å². The molecule has 1 aliphatic rings. The Labute approximate surface area is 113 Å². The van der Waals surface area contributed by atoms with Crippen LogP contribution in [-0.2, 0) is 16.1 Å². The summed E-state index contributed by atoms with van der Waals surface area (Å²) in [6.07, 6.45) is 6.25. The second kappa shape index (κ2) is 6.32. The number of carbonyl (C=O) groups is 2. The third kappa shape index (κ3) is 3.31. The summed E-state index contributed by atoms with van der Waals surface area (Å²) < 4.78 is 0. The molecule has 1 aromatic rings. The molecule has 3 nitrogen and oxygen atoms in total. The molecule has 0 aliphatic heterocycles. The number of hydrogen-bond donors (Lipinski definition) is 0. The van der Waals surface area contributed by atoms with Crippen LogP contribution in [0.15, 0.2) is 42.5 Å². The van der Waals surface area contributed by atoms with Crippen LogP contribution in [0, 0.1) is 11.8 Å². The molecule has 2 rings (SSSR count). The molecular weight excluding hydrogens is 238 g/mol. The predicted octanol–water partition coefficient (Wildman–Crippen LogP) is 2.43. The Morgan fingerprint density at radius 1 is 1.26 bits per heavy atom. The largest absolute Gasteiger partial charge is 0.341 e. The minimum Gasteiger partial charge on any atom is -0.341 e. The van der Waals surface area contributed by atoms with E-state index in [9.17, 15) is 9.59 Å². The van der Waals surface area contributed by atoms with Gasteiger partial charge in [-0.25, -0.2) is 0 Å². The van der Waals surface area contributed by atoms with Crippen LogP contribution in [-0.4, -0.2) is 24.1 Å². The SMILES string of the molecule is CN(Cc1ccccc1)C(=O)[C@@H]1CC=CC[C@@H]1C=O. The maximum atomic E-state index is 12.4. The molecule has 0 saturated carbocycles. The summed E-state index contributed by atoms with van der Waals surface area (Å²) in [7, 11) is 1.80. The average molecular weight is 257 g/mol. The maximum Gasteiger partial charge on any atom is 0.226 e. The van der Waals surface area contributed by atoms with Crippen molar-refractivity contribution in [2.75, 3.05) is 7.05 Å². The molecule has 0 unspecified atom stereocenters. The maximum absolute atomic E-state index is 12.4. The summed E-state index contributed by atoms with van der Waals surface area (Å²) >= 11 is 0. The number of aldehydes is 1. The van der Waals surface area contributed by atoms with Gasteiger partial charge in [0.05, 0.1) is 5.92 Å². The van der Waals surface area contributed by atoms with Crippen LogP contribution in [0.25, 0.3) is 0 Å². The van der Waals surface area contributed by atoms with Crippen LogP contribution in [0.2, 0.25) is 0 Å². The van der Waals surface area contributed by atoms with Crippen molar-refractivity contribution < 1.29 is 9.59 Å². The summed E-state index contributed by atoms with van der Waals surface area (Å²) in [4.78, 5) is 25.2. The number of rotatable bonds is 4. The number of benzene rings is 1. The molecule has 100 valence electrons. The van der Waals surface area contributed by atoms with E-state index in [4.69, 9.17) is 0 Å². The summed E-state index contributed by atoms with van der Waals surface area (Å²) in [5.74, 6) is -0.308. The van der Waals surface area contributed by atoms with E-state index in [0.29, 0.717) is 19.4 Å². The zero-order valence-corrected chi connectivity index (χ0v) is 11.2. The van der Waals surface area contributed by atoms with Gasteiger partial charge in [-0.3, -0.25) is 4.79 Å². The first-order valence-corrected chi connectivity index (χ1v) is 6.61. The van der Waals surface area contributed by atoms with Gasteiger partial charge in [-0.1, -0.05) is 42.5 Å². The normalized spacial score (nSPS) is 21.9. The van der Waals surface area contributed by atoms with Gasteiger partial charge in [-0.05, 0) is 18.4 Å². The van der Waals surface area contributed by atoms with E-state index in [1.165, 1.54) is 0 Å². The zero-order chi connectivity index (χ0) is 13.7. The van der Waals surface area contributed by atoms with E-state index in [1.54, 1.807) is 11.9 Å². The summed E-state index contributed by atoms with van der Waals surface area (Å²) in [5.41, 5.74) is 1.10. The molecule has 0 bridgehead atoms. The number of carbonyl (C=O) groups excluding carboxylic acids is 2. The molecule has 19 heavy (non-hydrogen) atoms. The van der Waals surface area contributed by atoms with Crippen molar-refractivity contribution in [3.05, 3.63) is 48.0 Å². The minimum atomic E-state index is -0.198. The van der Waals surface area contributed by atoms with Crippen LogP contribution in [0.3, 0.4) is 0 Å². The highest BCUT2D eigenvalue weighted by atomic mass is 16.2. The Balaban J connectivity index is 2.02. The van der Waals surface area contributed by atoms with Gasteiger partial charge in [0.25, 0.3) is 0 Å². The smallest absolute Gasteiger partial charge is 0.226 e. The highest BCUT2D eigenvalue weighted by Crippen LogP contribution is 2.26. The first kappa shape index (κ1) is 13.5. The van der Waals surface area contributed by atoms with E-state index >= 15 is 0 Å². The number of hydrogen-bond acceptors (Lipinski definition) is 2. The lowest BCUT2D eigenvalue weighted by atomic mass is 9.83. The second-order valence-corrected chi connectivity index (χ2v) is 5.03. The molecule has 0 spiro atoms. The molecule has 0 heterocycles.